The highest BCUT2D eigenvalue weighted by Gasteiger charge is 2.65. The van der Waals surface area contributed by atoms with Crippen molar-refractivity contribution in [1.29, 1.82) is 5.26 Å². The van der Waals surface area contributed by atoms with Crippen molar-refractivity contribution in [3.05, 3.63) is 0 Å². The van der Waals surface area contributed by atoms with Gasteiger partial charge in [0.1, 0.15) is 5.60 Å². The molecular weight excluding hydrogens is 323 g/mol. The van der Waals surface area contributed by atoms with Crippen molar-refractivity contribution in [1.82, 2.24) is 0 Å². The van der Waals surface area contributed by atoms with Crippen LogP contribution >= 0.6 is 0 Å². The van der Waals surface area contributed by atoms with Gasteiger partial charge in [-0.3, -0.25) is 4.79 Å². The Labute approximate surface area is 139 Å². The first-order chi connectivity index (χ1) is 10.9. The average molecular weight is 345 g/mol. The normalized spacial score (nSPS) is 43.1. The lowest BCUT2D eigenvalue weighted by Gasteiger charge is -2.62. The topological polar surface area (TPSA) is 70.3 Å². The molecule has 4 aliphatic rings. The molecule has 0 saturated heterocycles. The zero-order valence-electron chi connectivity index (χ0n) is 13.8. The van der Waals surface area contributed by atoms with Crippen molar-refractivity contribution < 1.29 is 27.8 Å². The number of aliphatic hydroxyl groups is 1. The van der Waals surface area contributed by atoms with E-state index in [1.165, 1.54) is 6.92 Å². The number of nitrogens with zero attached hydrogens (tertiary/aromatic N) is 1. The Balaban J connectivity index is 1.80. The van der Waals surface area contributed by atoms with Crippen molar-refractivity contribution >= 4 is 5.97 Å². The van der Waals surface area contributed by atoms with Crippen molar-refractivity contribution in [2.24, 2.45) is 23.2 Å². The number of halogens is 3. The van der Waals surface area contributed by atoms with E-state index in [0.717, 1.165) is 6.92 Å². The fraction of sp³-hybridized carbons (Fsp3) is 0.882. The maximum absolute atomic E-state index is 12.8. The highest BCUT2D eigenvalue weighted by molar-refractivity contribution is 5.73. The number of rotatable bonds is 3. The van der Waals surface area contributed by atoms with E-state index in [2.05, 4.69) is 6.07 Å². The molecule has 0 aliphatic heterocycles. The van der Waals surface area contributed by atoms with Crippen LogP contribution in [0.5, 0.6) is 0 Å². The molecular formula is C17H22F3NO3. The van der Waals surface area contributed by atoms with Gasteiger partial charge >= 0.3 is 12.1 Å². The number of hydrogen-bond donors (Lipinski definition) is 1. The minimum Gasteiger partial charge on any atom is -0.459 e. The van der Waals surface area contributed by atoms with Gasteiger partial charge in [-0.15, -0.1) is 0 Å². The summed E-state index contributed by atoms with van der Waals surface area (Å²) < 4.78 is 44.1. The van der Waals surface area contributed by atoms with Crippen LogP contribution in [0.1, 0.15) is 52.4 Å². The van der Waals surface area contributed by atoms with E-state index < -0.39 is 40.6 Å². The van der Waals surface area contributed by atoms with E-state index in [1.807, 2.05) is 0 Å². The molecule has 6 unspecified atom stereocenters. The molecule has 134 valence electrons. The number of alkyl halides is 3. The third-order valence-electron chi connectivity index (χ3n) is 6.18. The number of esters is 1. The van der Waals surface area contributed by atoms with Crippen LogP contribution in [0, 0.1) is 34.5 Å². The smallest absolute Gasteiger partial charge is 0.392 e. The van der Waals surface area contributed by atoms with E-state index in [9.17, 15) is 28.3 Å². The molecule has 7 heteroatoms. The summed E-state index contributed by atoms with van der Waals surface area (Å²) in [7, 11) is 0. The molecule has 4 saturated carbocycles. The largest absolute Gasteiger partial charge is 0.459 e. The second-order valence-electron chi connectivity index (χ2n) is 8.35. The number of ether oxygens (including phenoxy) is 1. The molecule has 0 aromatic rings. The van der Waals surface area contributed by atoms with E-state index in [4.69, 9.17) is 4.74 Å². The summed E-state index contributed by atoms with van der Waals surface area (Å²) in [6.07, 6.45) is -1.80. The van der Waals surface area contributed by atoms with Gasteiger partial charge in [0.15, 0.2) is 0 Å². The van der Waals surface area contributed by atoms with Crippen LogP contribution in [-0.4, -0.2) is 28.5 Å². The Morgan fingerprint density at radius 2 is 1.92 bits per heavy atom. The Morgan fingerprint density at radius 3 is 2.46 bits per heavy atom. The quantitative estimate of drug-likeness (QED) is 0.797. The lowest BCUT2D eigenvalue weighted by molar-refractivity contribution is -0.240. The van der Waals surface area contributed by atoms with Gasteiger partial charge in [-0.2, -0.15) is 18.4 Å². The van der Waals surface area contributed by atoms with Crippen LogP contribution in [-0.2, 0) is 9.53 Å². The monoisotopic (exact) mass is 345 g/mol. The van der Waals surface area contributed by atoms with Gasteiger partial charge in [-0.25, -0.2) is 0 Å². The first-order valence-corrected chi connectivity index (χ1v) is 8.35. The van der Waals surface area contributed by atoms with E-state index >= 15 is 0 Å². The lowest BCUT2D eigenvalue weighted by atomic mass is 9.46. The molecule has 0 radical (unpaired) electrons. The van der Waals surface area contributed by atoms with Gasteiger partial charge in [-0.05, 0) is 31.6 Å². The molecule has 0 aromatic carbocycles. The van der Waals surface area contributed by atoms with Gasteiger partial charge in [0, 0.05) is 12.8 Å². The summed E-state index contributed by atoms with van der Waals surface area (Å²) >= 11 is 0. The maximum Gasteiger partial charge on any atom is 0.392 e. The zero-order valence-corrected chi connectivity index (χ0v) is 13.8. The Hall–Kier alpha value is -1.29. The third kappa shape index (κ3) is 2.79. The van der Waals surface area contributed by atoms with Crippen LogP contribution < -0.4 is 0 Å². The van der Waals surface area contributed by atoms with Crippen molar-refractivity contribution in [2.75, 3.05) is 0 Å². The van der Waals surface area contributed by atoms with Crippen LogP contribution in [0.25, 0.3) is 0 Å². The van der Waals surface area contributed by atoms with E-state index in [-0.39, 0.29) is 12.3 Å². The number of hydrogen-bond acceptors (Lipinski definition) is 4. The predicted octanol–water partition coefficient (Wildman–Crippen LogP) is 3.34. The van der Waals surface area contributed by atoms with Gasteiger partial charge in [0.2, 0.25) is 0 Å². The lowest BCUT2D eigenvalue weighted by Crippen LogP contribution is -2.64. The first kappa shape index (κ1) is 17.5. The van der Waals surface area contributed by atoms with E-state index in [1.54, 1.807) is 0 Å². The highest BCUT2D eigenvalue weighted by atomic mass is 19.4. The minimum absolute atomic E-state index is 0.0778. The summed E-state index contributed by atoms with van der Waals surface area (Å²) in [5, 5.41) is 20.3. The molecule has 4 nitrogen and oxygen atoms in total. The molecule has 4 bridgehead atoms. The molecule has 1 N–H and O–H groups in total. The van der Waals surface area contributed by atoms with E-state index in [0.29, 0.717) is 32.1 Å². The molecule has 4 rings (SSSR count). The molecule has 0 aromatic heterocycles. The maximum atomic E-state index is 12.8. The third-order valence-corrected chi connectivity index (χ3v) is 6.18. The summed E-state index contributed by atoms with van der Waals surface area (Å²) in [4.78, 5) is 12.3. The van der Waals surface area contributed by atoms with Crippen LogP contribution in [0.15, 0.2) is 0 Å². The Morgan fingerprint density at radius 1 is 1.25 bits per heavy atom. The molecule has 6 atom stereocenters. The molecule has 4 aliphatic carbocycles. The van der Waals surface area contributed by atoms with Gasteiger partial charge in [0.05, 0.1) is 28.9 Å². The van der Waals surface area contributed by atoms with Crippen molar-refractivity contribution in [2.45, 2.75) is 69.8 Å². The second kappa shape index (κ2) is 5.10. The van der Waals surface area contributed by atoms with Gasteiger partial charge < -0.3 is 9.84 Å². The summed E-state index contributed by atoms with van der Waals surface area (Å²) in [5.74, 6) is -3.93. The number of nitriles is 1. The standard InChI is InChI=1S/C17H22F3NO3/c1-10(11(2)17(18,19)20)13(22)24-16-5-12-3-14(7-16,9-21)6-15(23,4-12)8-16/h10-12,23H,3-8H2,1-2H3. The predicted molar refractivity (Wildman–Crippen MR) is 77.4 cm³/mol. The first-order valence-electron chi connectivity index (χ1n) is 8.35. The zero-order chi connectivity index (χ0) is 18.0. The molecule has 24 heavy (non-hydrogen) atoms. The Bertz CT molecular complexity index is 601. The van der Waals surface area contributed by atoms with Crippen LogP contribution in [0.3, 0.4) is 0 Å². The molecule has 0 heterocycles. The molecule has 4 fully saturated rings. The summed E-state index contributed by atoms with van der Waals surface area (Å²) in [6, 6.07) is 2.28. The number of carbonyl (C=O) groups excluding carboxylic acids is 1. The molecule has 0 spiro atoms. The van der Waals surface area contributed by atoms with Gasteiger partial charge in [-0.1, -0.05) is 13.8 Å². The number of carbonyl (C=O) groups is 1. The fourth-order valence-corrected chi connectivity index (χ4v) is 5.33. The highest BCUT2D eigenvalue weighted by Crippen LogP contribution is 2.64. The van der Waals surface area contributed by atoms with Crippen molar-refractivity contribution in [3.63, 3.8) is 0 Å². The van der Waals surface area contributed by atoms with Crippen LogP contribution in [0.2, 0.25) is 0 Å². The summed E-state index contributed by atoms with van der Waals surface area (Å²) in [6.45, 7) is 2.19. The van der Waals surface area contributed by atoms with Crippen molar-refractivity contribution in [3.8, 4) is 6.07 Å². The minimum atomic E-state index is -4.47. The SMILES string of the molecule is CC(C(=O)OC12CC3CC(O)(CC(C#N)(C3)C1)C2)C(C)C(F)(F)F. The van der Waals surface area contributed by atoms with Gasteiger partial charge in [0.25, 0.3) is 0 Å². The Kier molecular flexibility index (Phi) is 3.73. The molecule has 0 amide bonds. The fourth-order valence-electron chi connectivity index (χ4n) is 5.33. The second-order valence-corrected chi connectivity index (χ2v) is 8.35. The average Bonchev–Trinajstić information content (AvgIpc) is 2.41. The summed E-state index contributed by atoms with van der Waals surface area (Å²) in [5.41, 5.74) is -2.78. The van der Waals surface area contributed by atoms with Crippen LogP contribution in [0.4, 0.5) is 13.2 Å².